The molecule has 348 valence electrons. The highest BCUT2D eigenvalue weighted by Gasteiger charge is 2.65. The van der Waals surface area contributed by atoms with Gasteiger partial charge < -0.3 is 38.9 Å². The van der Waals surface area contributed by atoms with E-state index in [4.69, 9.17) is 28.9 Å². The molecule has 11 nitrogen and oxygen atoms in total. The maximum Gasteiger partial charge on any atom is 0.239 e. The predicted octanol–water partition coefficient (Wildman–Crippen LogP) is 11.1. The number of aldehydes is 1. The van der Waals surface area contributed by atoms with Gasteiger partial charge >= 0.3 is 0 Å². The van der Waals surface area contributed by atoms with Crippen LogP contribution in [0.4, 0.5) is 0 Å². The molecule has 0 saturated heterocycles. The third-order valence-corrected chi connectivity index (χ3v) is 13.2. The lowest BCUT2D eigenvalue weighted by Gasteiger charge is -2.60. The number of benzene rings is 2. The van der Waals surface area contributed by atoms with Gasteiger partial charge in [-0.2, -0.15) is 0 Å². The van der Waals surface area contributed by atoms with Crippen LogP contribution in [0.15, 0.2) is 65.9 Å². The summed E-state index contributed by atoms with van der Waals surface area (Å²) in [5, 5.41) is 24.7. The fourth-order valence-electron chi connectivity index (χ4n) is 10.3. The summed E-state index contributed by atoms with van der Waals surface area (Å²) in [6.45, 7) is 11.7. The number of allylic oxidation sites excluding steroid dienone is 1. The Hall–Kier alpha value is -4.19. The van der Waals surface area contributed by atoms with E-state index in [-0.39, 0.29) is 43.5 Å². The molecule has 0 unspecified atom stereocenters. The molecule has 1 aliphatic heterocycles. The van der Waals surface area contributed by atoms with E-state index < -0.39 is 17.7 Å². The highest BCUT2D eigenvalue weighted by atomic mass is 16.7. The molecule has 2 aromatic carbocycles. The van der Waals surface area contributed by atoms with Crippen LogP contribution in [0, 0.1) is 17.8 Å². The van der Waals surface area contributed by atoms with E-state index in [0.29, 0.717) is 67.4 Å². The summed E-state index contributed by atoms with van der Waals surface area (Å²) in [5.74, 6) is 0.627. The third kappa shape index (κ3) is 12.5. The van der Waals surface area contributed by atoms with Crippen molar-refractivity contribution in [2.75, 3.05) is 40.1 Å². The van der Waals surface area contributed by atoms with E-state index in [2.05, 4.69) is 32.6 Å². The molecule has 1 saturated carbocycles. The smallest absolute Gasteiger partial charge is 0.239 e. The van der Waals surface area contributed by atoms with Crippen LogP contribution in [-0.4, -0.2) is 84.9 Å². The largest absolute Gasteiger partial charge is 0.496 e. The van der Waals surface area contributed by atoms with Crippen molar-refractivity contribution in [3.63, 3.8) is 0 Å². The van der Waals surface area contributed by atoms with Crippen LogP contribution in [-0.2, 0) is 14.4 Å². The van der Waals surface area contributed by atoms with Gasteiger partial charge in [-0.1, -0.05) is 95.4 Å². The zero-order valence-electron chi connectivity index (χ0n) is 38.7. The van der Waals surface area contributed by atoms with Gasteiger partial charge in [0.05, 0.1) is 30.9 Å². The van der Waals surface area contributed by atoms with Gasteiger partial charge in [0.2, 0.25) is 11.7 Å². The number of methoxy groups -OCH3 is 1. The van der Waals surface area contributed by atoms with Gasteiger partial charge in [0.1, 0.15) is 35.6 Å². The van der Waals surface area contributed by atoms with Crippen LogP contribution >= 0.6 is 0 Å². The highest BCUT2D eigenvalue weighted by Crippen LogP contribution is 2.62. The van der Waals surface area contributed by atoms with Crippen LogP contribution < -0.4 is 14.2 Å². The number of aliphatic hydroxyl groups excluding tert-OH is 2. The van der Waals surface area contributed by atoms with Crippen LogP contribution in [0.1, 0.15) is 158 Å². The van der Waals surface area contributed by atoms with E-state index in [1.54, 1.807) is 24.3 Å². The predicted molar refractivity (Wildman–Crippen MR) is 249 cm³/mol. The number of amides is 1. The lowest BCUT2D eigenvalue weighted by Crippen LogP contribution is -2.70. The summed E-state index contributed by atoms with van der Waals surface area (Å²) < 4.78 is 26.4. The standard InChI is InChI=1S/C52H76N2O9/c1-6-10-11-12-13-14-15-16-17-24-49(58)54(29-7-2)48-36-45(53-61-9-4)43-34-38(22-18-20-30-55)42(23-19-21-31-56)50-44-35-41(62-40-25-27-46(59-5)39(33-40)37-57)26-28-47(44)63-52(48,51(43)50)60-32-8-3/h8,25-28,33-35,37-38,42,48,50-51,55-56H,3,6-7,9-24,29-32,36H2,1-2,4-5H3/t38-,42+,48-,50+,51+,52+/m0/s1. The molecule has 2 aromatic rings. The van der Waals surface area contributed by atoms with Crippen molar-refractivity contribution < 1.29 is 43.6 Å². The van der Waals surface area contributed by atoms with Gasteiger partial charge in [-0.15, -0.1) is 6.58 Å². The number of ether oxygens (including phenoxy) is 4. The topological polar surface area (TPSA) is 136 Å². The first-order valence-corrected chi connectivity index (χ1v) is 24.1. The molecule has 2 N–H and O–H groups in total. The Balaban J connectivity index is 1.63. The van der Waals surface area contributed by atoms with Crippen LogP contribution in [0.3, 0.4) is 0 Å². The van der Waals surface area contributed by atoms with Gasteiger partial charge in [-0.25, -0.2) is 0 Å². The molecule has 0 bridgehead atoms. The van der Waals surface area contributed by atoms with Crippen molar-refractivity contribution in [2.24, 2.45) is 22.9 Å². The molecular weight excluding hydrogens is 797 g/mol. The number of aliphatic hydroxyl groups is 2. The summed E-state index contributed by atoms with van der Waals surface area (Å²) in [6, 6.07) is 10.5. The lowest BCUT2D eigenvalue weighted by atomic mass is 9.55. The Morgan fingerprint density at radius 2 is 1.60 bits per heavy atom. The first kappa shape index (κ1) is 49.8. The van der Waals surface area contributed by atoms with Crippen molar-refractivity contribution in [1.29, 1.82) is 0 Å². The second-order valence-corrected chi connectivity index (χ2v) is 17.5. The van der Waals surface area contributed by atoms with Crippen molar-refractivity contribution in [3.8, 4) is 23.0 Å². The van der Waals surface area contributed by atoms with E-state index in [9.17, 15) is 19.8 Å². The zero-order chi connectivity index (χ0) is 45.0. The average molecular weight is 873 g/mol. The van der Waals surface area contributed by atoms with Crippen molar-refractivity contribution >= 4 is 17.9 Å². The summed E-state index contributed by atoms with van der Waals surface area (Å²) in [6.07, 6.45) is 21.7. The summed E-state index contributed by atoms with van der Waals surface area (Å²) in [4.78, 5) is 34.6. The maximum absolute atomic E-state index is 14.7. The number of fused-ring (bicyclic) bond motifs is 2. The SMILES string of the molecule is C=CCO[C@@]12Oc3ccc(Oc4ccc(OC)c(C=O)c4)cc3[C@H]3[C@H](CCCCO)[C@@H](CCCCO)C=C(C(=NOCC)C[C@@H]1N(CCC)C(=O)CCCCCCCCCCC)[C@H]32. The second kappa shape index (κ2) is 25.9. The van der Waals surface area contributed by atoms with Crippen molar-refractivity contribution in [1.82, 2.24) is 4.90 Å². The number of nitrogens with zero attached hydrogens (tertiary/aromatic N) is 2. The number of carbonyl (C=O) groups is 2. The van der Waals surface area contributed by atoms with Gasteiger partial charge in [0.15, 0.2) is 6.29 Å². The molecule has 0 aromatic heterocycles. The van der Waals surface area contributed by atoms with Gasteiger partial charge in [-0.3, -0.25) is 9.59 Å². The molecule has 3 aliphatic rings. The minimum atomic E-state index is -1.30. The molecule has 1 heterocycles. The monoisotopic (exact) mass is 873 g/mol. The Morgan fingerprint density at radius 1 is 0.905 bits per heavy atom. The first-order chi connectivity index (χ1) is 30.8. The third-order valence-electron chi connectivity index (χ3n) is 13.2. The fraction of sp³-hybridized carbons (Fsp3) is 0.635. The Labute approximate surface area is 377 Å². The molecule has 0 spiro atoms. The Bertz CT molecular complexity index is 1810. The maximum atomic E-state index is 14.7. The second-order valence-electron chi connectivity index (χ2n) is 17.5. The first-order valence-electron chi connectivity index (χ1n) is 24.1. The zero-order valence-corrected chi connectivity index (χ0v) is 38.7. The van der Waals surface area contributed by atoms with Gasteiger partial charge in [0, 0.05) is 44.1 Å². The molecule has 1 fully saturated rings. The van der Waals surface area contributed by atoms with Crippen LogP contribution in [0.25, 0.3) is 0 Å². The molecular formula is C52H76N2O9. The molecule has 6 atom stereocenters. The molecule has 5 rings (SSSR count). The van der Waals surface area contributed by atoms with E-state index in [1.165, 1.54) is 45.6 Å². The summed E-state index contributed by atoms with van der Waals surface area (Å²) >= 11 is 0. The lowest BCUT2D eigenvalue weighted by molar-refractivity contribution is -0.257. The number of carbonyl (C=O) groups excluding carboxylic acids is 2. The molecule has 11 heteroatoms. The number of oxime groups is 1. The normalized spacial score (nSPS) is 22.9. The fourth-order valence-corrected chi connectivity index (χ4v) is 10.3. The van der Waals surface area contributed by atoms with Gasteiger partial charge in [0.25, 0.3) is 0 Å². The summed E-state index contributed by atoms with van der Waals surface area (Å²) in [5.41, 5.74) is 3.15. The molecule has 0 radical (unpaired) electrons. The molecule has 63 heavy (non-hydrogen) atoms. The number of rotatable bonds is 30. The quantitative estimate of drug-likeness (QED) is 0.0340. The van der Waals surface area contributed by atoms with Crippen LogP contribution in [0.5, 0.6) is 23.0 Å². The van der Waals surface area contributed by atoms with E-state index in [1.807, 2.05) is 24.0 Å². The molecule has 2 aliphatic carbocycles. The minimum absolute atomic E-state index is 0.0839. The van der Waals surface area contributed by atoms with E-state index in [0.717, 1.165) is 74.5 Å². The average Bonchev–Trinajstić information content (AvgIpc) is 3.30. The van der Waals surface area contributed by atoms with Crippen molar-refractivity contribution in [2.45, 2.75) is 154 Å². The van der Waals surface area contributed by atoms with Crippen LogP contribution in [0.2, 0.25) is 0 Å². The van der Waals surface area contributed by atoms with E-state index >= 15 is 0 Å². The number of hydrogen-bond acceptors (Lipinski definition) is 10. The summed E-state index contributed by atoms with van der Waals surface area (Å²) in [7, 11) is 1.53. The minimum Gasteiger partial charge on any atom is -0.496 e. The number of unbranched alkanes of at least 4 members (excludes halogenated alkanes) is 10. The highest BCUT2D eigenvalue weighted by molar-refractivity contribution is 6.03. The number of hydrogen-bond donors (Lipinski definition) is 2. The molecule has 1 amide bonds. The van der Waals surface area contributed by atoms with Gasteiger partial charge in [-0.05, 0) is 99.3 Å². The Kier molecular flexibility index (Phi) is 20.5. The Morgan fingerprint density at radius 3 is 2.27 bits per heavy atom. The van der Waals surface area contributed by atoms with Crippen molar-refractivity contribution in [3.05, 3.63) is 71.8 Å².